The zero-order valence-corrected chi connectivity index (χ0v) is 14.1. The second kappa shape index (κ2) is 6.71. The van der Waals surface area contributed by atoms with Gasteiger partial charge in [-0.05, 0) is 47.0 Å². The molecule has 0 aliphatic carbocycles. The molecule has 0 aliphatic heterocycles. The highest BCUT2D eigenvalue weighted by Gasteiger charge is 2.20. The number of halogens is 1. The third-order valence-corrected chi connectivity index (χ3v) is 5.97. The second-order valence-corrected chi connectivity index (χ2v) is 7.71. The molecule has 0 aromatic heterocycles. The van der Waals surface area contributed by atoms with Gasteiger partial charge in [0.05, 0.1) is 4.90 Å². The molecule has 0 atom stereocenters. The van der Waals surface area contributed by atoms with E-state index in [9.17, 15) is 12.8 Å². The van der Waals surface area contributed by atoms with Crippen LogP contribution in [0.25, 0.3) is 10.8 Å². The number of nitrogens with zero attached hydrogens (tertiary/aromatic N) is 1. The van der Waals surface area contributed by atoms with Crippen molar-refractivity contribution in [2.75, 3.05) is 13.6 Å². The molecule has 0 N–H and O–H groups in total. The SMILES string of the molecule is CN(CCc1cccc2ccccc12)S(=O)(=O)c1ccc(F)cc1. The van der Waals surface area contributed by atoms with E-state index in [4.69, 9.17) is 0 Å². The van der Waals surface area contributed by atoms with Crippen molar-refractivity contribution in [1.82, 2.24) is 4.31 Å². The van der Waals surface area contributed by atoms with Gasteiger partial charge >= 0.3 is 0 Å². The van der Waals surface area contributed by atoms with E-state index < -0.39 is 15.8 Å². The molecule has 0 amide bonds. The van der Waals surface area contributed by atoms with Crippen LogP contribution >= 0.6 is 0 Å². The summed E-state index contributed by atoms with van der Waals surface area (Å²) in [6.07, 6.45) is 0.609. The van der Waals surface area contributed by atoms with E-state index in [1.807, 2.05) is 42.5 Å². The molecule has 5 heteroatoms. The number of hydrogen-bond donors (Lipinski definition) is 0. The summed E-state index contributed by atoms with van der Waals surface area (Å²) in [5.74, 6) is -0.452. The Hall–Kier alpha value is -2.24. The van der Waals surface area contributed by atoms with Crippen LogP contribution < -0.4 is 0 Å². The van der Waals surface area contributed by atoms with Gasteiger partial charge < -0.3 is 0 Å². The van der Waals surface area contributed by atoms with Crippen LogP contribution in [0, 0.1) is 5.82 Å². The van der Waals surface area contributed by atoms with Crippen molar-refractivity contribution >= 4 is 20.8 Å². The smallest absolute Gasteiger partial charge is 0.207 e. The molecule has 24 heavy (non-hydrogen) atoms. The number of sulfonamides is 1. The summed E-state index contributed by atoms with van der Waals surface area (Å²) in [5, 5.41) is 2.27. The lowest BCUT2D eigenvalue weighted by atomic mass is 10.0. The topological polar surface area (TPSA) is 37.4 Å². The molecule has 124 valence electrons. The minimum absolute atomic E-state index is 0.101. The Balaban J connectivity index is 1.79. The molecule has 3 aromatic rings. The lowest BCUT2D eigenvalue weighted by Gasteiger charge is -2.17. The van der Waals surface area contributed by atoms with Gasteiger partial charge in [0, 0.05) is 13.6 Å². The first kappa shape index (κ1) is 16.6. The third-order valence-electron chi connectivity index (χ3n) is 4.10. The van der Waals surface area contributed by atoms with Gasteiger partial charge in [-0.3, -0.25) is 0 Å². The molecule has 0 aliphatic rings. The number of benzene rings is 3. The van der Waals surface area contributed by atoms with Crippen LogP contribution in [-0.2, 0) is 16.4 Å². The minimum atomic E-state index is -3.61. The first-order chi connectivity index (χ1) is 11.5. The summed E-state index contributed by atoms with van der Waals surface area (Å²) in [6.45, 7) is 0.355. The van der Waals surface area contributed by atoms with Gasteiger partial charge in [-0.25, -0.2) is 17.1 Å². The average Bonchev–Trinajstić information content (AvgIpc) is 2.60. The highest BCUT2D eigenvalue weighted by Crippen LogP contribution is 2.20. The first-order valence-electron chi connectivity index (χ1n) is 7.67. The molecule has 0 bridgehead atoms. The summed E-state index contributed by atoms with van der Waals surface area (Å²) in [5.41, 5.74) is 1.11. The monoisotopic (exact) mass is 343 g/mol. The fourth-order valence-electron chi connectivity index (χ4n) is 2.70. The Kier molecular flexibility index (Phi) is 4.64. The van der Waals surface area contributed by atoms with Crippen LogP contribution in [0.2, 0.25) is 0 Å². The van der Waals surface area contributed by atoms with Gasteiger partial charge in [0.15, 0.2) is 0 Å². The van der Waals surface area contributed by atoms with Crippen LogP contribution in [-0.4, -0.2) is 26.3 Å². The zero-order chi connectivity index (χ0) is 17.2. The third kappa shape index (κ3) is 3.32. The predicted molar refractivity (Wildman–Crippen MR) is 93.9 cm³/mol. The molecule has 3 rings (SSSR count). The molecule has 3 aromatic carbocycles. The Bertz CT molecular complexity index is 947. The maximum atomic E-state index is 13.0. The quantitative estimate of drug-likeness (QED) is 0.706. The van der Waals surface area contributed by atoms with E-state index in [-0.39, 0.29) is 4.90 Å². The van der Waals surface area contributed by atoms with E-state index >= 15 is 0 Å². The van der Waals surface area contributed by atoms with Crippen molar-refractivity contribution < 1.29 is 12.8 Å². The van der Waals surface area contributed by atoms with E-state index in [0.717, 1.165) is 28.5 Å². The van der Waals surface area contributed by atoms with Gasteiger partial charge in [-0.15, -0.1) is 0 Å². The first-order valence-corrected chi connectivity index (χ1v) is 9.11. The van der Waals surface area contributed by atoms with Gasteiger partial charge in [0.25, 0.3) is 0 Å². The largest absolute Gasteiger partial charge is 0.242 e. The van der Waals surface area contributed by atoms with Crippen molar-refractivity contribution in [1.29, 1.82) is 0 Å². The van der Waals surface area contributed by atoms with Crippen molar-refractivity contribution in [2.24, 2.45) is 0 Å². The molecule has 0 spiro atoms. The van der Waals surface area contributed by atoms with Crippen molar-refractivity contribution in [3.05, 3.63) is 78.1 Å². The summed E-state index contributed by atoms with van der Waals surface area (Å²) in [7, 11) is -2.07. The molecule has 0 radical (unpaired) electrons. The van der Waals surface area contributed by atoms with E-state index in [1.54, 1.807) is 7.05 Å². The van der Waals surface area contributed by atoms with Crippen molar-refractivity contribution in [3.8, 4) is 0 Å². The van der Waals surface area contributed by atoms with E-state index in [0.29, 0.717) is 13.0 Å². The Morgan fingerprint density at radius 3 is 2.33 bits per heavy atom. The molecule has 0 saturated heterocycles. The summed E-state index contributed by atoms with van der Waals surface area (Å²) in [4.78, 5) is 0.101. The molecule has 3 nitrogen and oxygen atoms in total. The molecule has 0 unspecified atom stereocenters. The molecular formula is C19H18FNO2S. The number of likely N-dealkylation sites (N-methyl/N-ethyl adjacent to an activating group) is 1. The fourth-order valence-corrected chi connectivity index (χ4v) is 3.87. The maximum Gasteiger partial charge on any atom is 0.242 e. The summed E-state index contributed by atoms with van der Waals surface area (Å²) in [6, 6.07) is 19.0. The summed E-state index contributed by atoms with van der Waals surface area (Å²) >= 11 is 0. The second-order valence-electron chi connectivity index (χ2n) is 5.67. The standard InChI is InChI=1S/C19H18FNO2S/c1-21(24(22,23)18-11-9-17(20)10-12-18)14-13-16-7-4-6-15-5-2-3-8-19(15)16/h2-12H,13-14H2,1H3. The van der Waals surface area contributed by atoms with E-state index in [2.05, 4.69) is 0 Å². The lowest BCUT2D eigenvalue weighted by Crippen LogP contribution is -2.29. The molecule has 0 saturated carbocycles. The molecular weight excluding hydrogens is 325 g/mol. The van der Waals surface area contributed by atoms with Crippen molar-refractivity contribution in [2.45, 2.75) is 11.3 Å². The number of hydrogen-bond acceptors (Lipinski definition) is 2. The average molecular weight is 343 g/mol. The Morgan fingerprint density at radius 2 is 1.58 bits per heavy atom. The van der Waals surface area contributed by atoms with Crippen LogP contribution in [0.5, 0.6) is 0 Å². The minimum Gasteiger partial charge on any atom is -0.207 e. The molecule has 0 fully saturated rings. The van der Waals surface area contributed by atoms with Crippen LogP contribution in [0.3, 0.4) is 0 Å². The predicted octanol–water partition coefficient (Wildman–Crippen LogP) is 3.84. The maximum absolute atomic E-state index is 13.0. The molecule has 0 heterocycles. The van der Waals surface area contributed by atoms with Gasteiger partial charge in [-0.1, -0.05) is 42.5 Å². The van der Waals surface area contributed by atoms with Crippen LogP contribution in [0.1, 0.15) is 5.56 Å². The highest BCUT2D eigenvalue weighted by molar-refractivity contribution is 7.89. The summed E-state index contributed by atoms with van der Waals surface area (Å²) < 4.78 is 39.4. The Labute approximate surface area is 141 Å². The zero-order valence-electron chi connectivity index (χ0n) is 13.3. The van der Waals surface area contributed by atoms with Gasteiger partial charge in [0.2, 0.25) is 10.0 Å². The van der Waals surface area contributed by atoms with Crippen LogP contribution in [0.15, 0.2) is 71.6 Å². The fraction of sp³-hybridized carbons (Fsp3) is 0.158. The normalized spacial score (nSPS) is 12.0. The van der Waals surface area contributed by atoms with Gasteiger partial charge in [-0.2, -0.15) is 0 Å². The lowest BCUT2D eigenvalue weighted by molar-refractivity contribution is 0.473. The number of fused-ring (bicyclic) bond motifs is 1. The number of rotatable bonds is 5. The Morgan fingerprint density at radius 1 is 0.917 bits per heavy atom. The van der Waals surface area contributed by atoms with E-state index in [1.165, 1.54) is 16.4 Å². The van der Waals surface area contributed by atoms with Crippen LogP contribution in [0.4, 0.5) is 4.39 Å². The highest BCUT2D eigenvalue weighted by atomic mass is 32.2. The van der Waals surface area contributed by atoms with Gasteiger partial charge in [0.1, 0.15) is 5.82 Å². The van der Waals surface area contributed by atoms with Crippen molar-refractivity contribution in [3.63, 3.8) is 0 Å².